The lowest BCUT2D eigenvalue weighted by Gasteiger charge is -2.41. The van der Waals surface area contributed by atoms with Crippen LogP contribution in [-0.4, -0.2) is 96.3 Å². The average molecular weight is 575 g/mol. The van der Waals surface area contributed by atoms with Crippen molar-refractivity contribution >= 4 is 34.6 Å². The molecule has 2 atom stereocenters. The van der Waals surface area contributed by atoms with E-state index in [2.05, 4.69) is 50.6 Å². The second kappa shape index (κ2) is 13.2. The van der Waals surface area contributed by atoms with Crippen LogP contribution in [0, 0.1) is 11.8 Å². The summed E-state index contributed by atoms with van der Waals surface area (Å²) < 4.78 is 42.1. The van der Waals surface area contributed by atoms with Crippen LogP contribution in [-0.2, 0) is 6.54 Å². The van der Waals surface area contributed by atoms with Crippen LogP contribution in [0.2, 0.25) is 0 Å². The van der Waals surface area contributed by atoms with Crippen molar-refractivity contribution in [3.63, 3.8) is 0 Å². The summed E-state index contributed by atoms with van der Waals surface area (Å²) in [5.74, 6) is 6.08. The highest BCUT2D eigenvalue weighted by Gasteiger charge is 2.31. The van der Waals surface area contributed by atoms with Gasteiger partial charge in [0.15, 0.2) is 0 Å². The maximum atomic E-state index is 13.6. The molecule has 0 amide bonds. The largest absolute Gasteiger partial charge is 0.406 e. The standard InChI is InChI=1S/C30H41F3N6S/c1-37-15-12-24(13-16-37)38-17-10-22(11-18-38)36-27-6-3-7-28-26(27)19-25(39(28)21-30(31,32)33)5-4-14-34-23-8-9-29(40-2)35-20-23/h3,6-7,19-20,22-24,29,34,36H,8-18,21H2,1-2H3. The zero-order chi connectivity index (χ0) is 28.1. The van der Waals surface area contributed by atoms with E-state index in [1.165, 1.54) is 17.4 Å². The Morgan fingerprint density at radius 2 is 1.82 bits per heavy atom. The van der Waals surface area contributed by atoms with E-state index >= 15 is 0 Å². The number of nitrogens with one attached hydrogen (secondary N) is 2. The topological polar surface area (TPSA) is 47.8 Å². The molecule has 2 saturated heterocycles. The van der Waals surface area contributed by atoms with Crippen LogP contribution in [0.3, 0.4) is 0 Å². The lowest BCUT2D eigenvalue weighted by atomic mass is 9.97. The quantitative estimate of drug-likeness (QED) is 0.454. The van der Waals surface area contributed by atoms with Crippen LogP contribution in [0.15, 0.2) is 29.3 Å². The van der Waals surface area contributed by atoms with E-state index in [-0.39, 0.29) is 6.04 Å². The summed E-state index contributed by atoms with van der Waals surface area (Å²) in [5, 5.41) is 8.13. The average Bonchev–Trinajstić information content (AvgIpc) is 3.29. The van der Waals surface area contributed by atoms with Gasteiger partial charge in [-0.1, -0.05) is 12.0 Å². The fraction of sp³-hybridized carbons (Fsp3) is 0.633. The molecule has 1 aromatic heterocycles. The molecule has 2 unspecified atom stereocenters. The highest BCUT2D eigenvalue weighted by Crippen LogP contribution is 2.32. The minimum absolute atomic E-state index is 0.153. The second-order valence-electron chi connectivity index (χ2n) is 11.3. The number of piperidine rings is 2. The molecule has 1 aromatic carbocycles. The van der Waals surface area contributed by atoms with Gasteiger partial charge in [-0.05, 0) is 89.0 Å². The van der Waals surface area contributed by atoms with Crippen LogP contribution in [0.5, 0.6) is 0 Å². The van der Waals surface area contributed by atoms with Gasteiger partial charge in [0.2, 0.25) is 0 Å². The minimum Gasteiger partial charge on any atom is -0.382 e. The fourth-order valence-electron chi connectivity index (χ4n) is 6.17. The first kappa shape index (κ1) is 29.3. The number of fused-ring (bicyclic) bond motifs is 1. The number of alkyl halides is 3. The van der Waals surface area contributed by atoms with Crippen molar-refractivity contribution < 1.29 is 13.2 Å². The van der Waals surface area contributed by atoms with E-state index in [0.29, 0.717) is 35.2 Å². The van der Waals surface area contributed by atoms with Gasteiger partial charge in [0.1, 0.15) is 6.54 Å². The van der Waals surface area contributed by atoms with Gasteiger partial charge in [0.25, 0.3) is 0 Å². The zero-order valence-electron chi connectivity index (χ0n) is 23.5. The SMILES string of the molecule is CSC1CCC(NCC#Cc2cc3c(NC4CCN(C5CCN(C)CC5)CC4)cccc3n2CC(F)(F)F)C=N1. The molecular formula is C30H41F3N6S. The molecule has 2 fully saturated rings. The molecule has 5 rings (SSSR count). The summed E-state index contributed by atoms with van der Waals surface area (Å²) in [6.07, 6.45) is 6.17. The Hall–Kier alpha value is -2.19. The third kappa shape index (κ3) is 7.55. The second-order valence-corrected chi connectivity index (χ2v) is 12.3. The molecule has 10 heteroatoms. The number of likely N-dealkylation sites (tertiary alicyclic amines) is 2. The predicted octanol–water partition coefficient (Wildman–Crippen LogP) is 5.04. The zero-order valence-corrected chi connectivity index (χ0v) is 24.3. The summed E-state index contributed by atoms with van der Waals surface area (Å²) in [5.41, 5.74) is 1.84. The normalized spacial score (nSPS) is 23.8. The number of thioether (sulfide) groups is 1. The van der Waals surface area contributed by atoms with Gasteiger partial charge in [0.05, 0.1) is 23.1 Å². The fourth-order valence-corrected chi connectivity index (χ4v) is 6.74. The Labute approximate surface area is 240 Å². The Balaban J connectivity index is 1.27. The van der Waals surface area contributed by atoms with Gasteiger partial charge < -0.3 is 19.7 Å². The molecule has 2 aromatic rings. The number of aromatic nitrogens is 1. The first-order valence-electron chi connectivity index (χ1n) is 14.5. The molecule has 6 nitrogen and oxygen atoms in total. The highest BCUT2D eigenvalue weighted by atomic mass is 32.2. The van der Waals surface area contributed by atoms with Gasteiger partial charge in [-0.15, -0.1) is 11.8 Å². The number of nitrogens with zero attached hydrogens (tertiary/aromatic N) is 4. The molecule has 0 spiro atoms. The van der Waals surface area contributed by atoms with Crippen LogP contribution in [0.4, 0.5) is 18.9 Å². The van der Waals surface area contributed by atoms with Crippen molar-refractivity contribution in [2.45, 2.75) is 74.7 Å². The Morgan fingerprint density at radius 1 is 1.05 bits per heavy atom. The van der Waals surface area contributed by atoms with Crippen molar-refractivity contribution in [1.82, 2.24) is 19.7 Å². The maximum Gasteiger partial charge on any atom is 0.406 e. The smallest absolute Gasteiger partial charge is 0.382 e. The van der Waals surface area contributed by atoms with Crippen molar-refractivity contribution in [3.8, 4) is 11.8 Å². The number of rotatable bonds is 7. The van der Waals surface area contributed by atoms with Gasteiger partial charge in [-0.25, -0.2) is 0 Å². The van der Waals surface area contributed by atoms with Crippen LogP contribution in [0.25, 0.3) is 10.9 Å². The van der Waals surface area contributed by atoms with Crippen molar-refractivity contribution in [2.75, 3.05) is 51.3 Å². The Kier molecular flexibility index (Phi) is 9.67. The van der Waals surface area contributed by atoms with Crippen LogP contribution < -0.4 is 10.6 Å². The number of aliphatic imine (C=N–C) groups is 1. The minimum atomic E-state index is -4.34. The highest BCUT2D eigenvalue weighted by molar-refractivity contribution is 7.99. The molecule has 2 N–H and O–H groups in total. The van der Waals surface area contributed by atoms with E-state index in [0.717, 1.165) is 62.9 Å². The molecule has 40 heavy (non-hydrogen) atoms. The Morgan fingerprint density at radius 3 is 2.50 bits per heavy atom. The van der Waals surface area contributed by atoms with E-state index in [1.807, 2.05) is 24.4 Å². The van der Waals surface area contributed by atoms with Gasteiger partial charge in [-0.3, -0.25) is 10.3 Å². The summed E-state index contributed by atoms with van der Waals surface area (Å²) in [4.78, 5) is 9.56. The third-order valence-electron chi connectivity index (χ3n) is 8.47. The number of anilines is 1. The first-order chi connectivity index (χ1) is 19.3. The third-order valence-corrected chi connectivity index (χ3v) is 9.38. The number of benzene rings is 1. The van der Waals surface area contributed by atoms with Gasteiger partial charge in [0, 0.05) is 48.5 Å². The molecule has 3 aliphatic rings. The molecule has 0 bridgehead atoms. The van der Waals surface area contributed by atoms with E-state index in [4.69, 9.17) is 0 Å². The predicted molar refractivity (Wildman–Crippen MR) is 160 cm³/mol. The number of hydrogen-bond donors (Lipinski definition) is 2. The van der Waals surface area contributed by atoms with Crippen molar-refractivity contribution in [2.24, 2.45) is 4.99 Å². The van der Waals surface area contributed by atoms with Crippen LogP contribution in [0.1, 0.15) is 44.2 Å². The molecule has 0 radical (unpaired) electrons. The molecule has 218 valence electrons. The molecule has 4 heterocycles. The first-order valence-corrected chi connectivity index (χ1v) is 15.7. The lowest BCUT2D eigenvalue weighted by molar-refractivity contribution is -0.140. The Bertz CT molecular complexity index is 1220. The van der Waals surface area contributed by atoms with E-state index in [9.17, 15) is 13.2 Å². The summed E-state index contributed by atoms with van der Waals surface area (Å²) in [6.45, 7) is 3.78. The number of hydrogen-bond acceptors (Lipinski definition) is 6. The van der Waals surface area contributed by atoms with Gasteiger partial charge >= 0.3 is 6.18 Å². The monoisotopic (exact) mass is 574 g/mol. The van der Waals surface area contributed by atoms with E-state index < -0.39 is 12.7 Å². The molecule has 0 aliphatic carbocycles. The summed E-state index contributed by atoms with van der Waals surface area (Å²) in [7, 11) is 2.19. The molecular weight excluding hydrogens is 533 g/mol. The molecule has 0 saturated carbocycles. The number of halogens is 3. The molecule has 3 aliphatic heterocycles. The van der Waals surface area contributed by atoms with E-state index in [1.54, 1.807) is 17.8 Å². The van der Waals surface area contributed by atoms with Crippen molar-refractivity contribution in [3.05, 3.63) is 30.0 Å². The maximum absolute atomic E-state index is 13.6. The summed E-state index contributed by atoms with van der Waals surface area (Å²) >= 11 is 1.74. The summed E-state index contributed by atoms with van der Waals surface area (Å²) in [6, 6.07) is 8.53. The van der Waals surface area contributed by atoms with Crippen LogP contribution >= 0.6 is 11.8 Å². The van der Waals surface area contributed by atoms with Crippen molar-refractivity contribution in [1.29, 1.82) is 0 Å². The lowest BCUT2D eigenvalue weighted by Crippen LogP contribution is -2.48. The van der Waals surface area contributed by atoms with Gasteiger partial charge in [-0.2, -0.15) is 13.2 Å².